The third-order valence-corrected chi connectivity index (χ3v) is 4.55. The van der Waals surface area contributed by atoms with Gasteiger partial charge in [-0.1, -0.05) is 0 Å². The average molecular weight is 241 g/mol. The van der Waals surface area contributed by atoms with E-state index in [1.165, 1.54) is 12.8 Å². The maximum absolute atomic E-state index is 10.6. The van der Waals surface area contributed by atoms with E-state index < -0.39 is 5.60 Å². The summed E-state index contributed by atoms with van der Waals surface area (Å²) in [5.74, 6) is 0. The zero-order valence-corrected chi connectivity index (χ0v) is 11.3. The monoisotopic (exact) mass is 241 g/mol. The van der Waals surface area contributed by atoms with Gasteiger partial charge in [0.1, 0.15) is 0 Å². The second-order valence-corrected chi connectivity index (χ2v) is 6.04. The average Bonchev–Trinajstić information content (AvgIpc) is 2.77. The summed E-state index contributed by atoms with van der Waals surface area (Å²) >= 11 is 0. The van der Waals surface area contributed by atoms with Crippen molar-refractivity contribution in [3.63, 3.8) is 0 Å². The minimum atomic E-state index is -0.412. The summed E-state index contributed by atoms with van der Waals surface area (Å²) in [5, 5.41) is 10.6. The van der Waals surface area contributed by atoms with Gasteiger partial charge in [-0.2, -0.15) is 0 Å². The number of nitrogens with zero attached hydrogens (tertiary/aromatic N) is 1. The second kappa shape index (κ2) is 5.68. The van der Waals surface area contributed by atoms with Crippen LogP contribution >= 0.6 is 0 Å². The Balaban J connectivity index is 1.70. The molecule has 0 aromatic rings. The maximum Gasteiger partial charge on any atom is 0.0674 e. The van der Waals surface area contributed by atoms with Gasteiger partial charge in [-0.3, -0.25) is 0 Å². The largest absolute Gasteiger partial charge is 0.390 e. The van der Waals surface area contributed by atoms with E-state index in [2.05, 4.69) is 18.9 Å². The molecule has 0 bridgehead atoms. The standard InChI is InChI=1S/C14H27NO2/c1-12-11-14(16,8-9-15(12)2)7-3-5-13-6-4-10-17-13/h12-13,16H,3-11H2,1-2H3. The van der Waals surface area contributed by atoms with Crippen LogP contribution in [-0.4, -0.2) is 48.0 Å². The minimum Gasteiger partial charge on any atom is -0.390 e. The first-order valence-corrected chi connectivity index (χ1v) is 7.13. The second-order valence-electron chi connectivity index (χ2n) is 6.04. The maximum atomic E-state index is 10.6. The van der Waals surface area contributed by atoms with E-state index in [0.29, 0.717) is 12.1 Å². The number of rotatable bonds is 4. The topological polar surface area (TPSA) is 32.7 Å². The van der Waals surface area contributed by atoms with E-state index in [1.807, 2.05) is 0 Å². The highest BCUT2D eigenvalue weighted by molar-refractivity contribution is 4.89. The molecule has 0 amide bonds. The van der Waals surface area contributed by atoms with Crippen LogP contribution in [0.5, 0.6) is 0 Å². The molecule has 0 aromatic heterocycles. The van der Waals surface area contributed by atoms with Crippen LogP contribution in [0.25, 0.3) is 0 Å². The highest BCUT2D eigenvalue weighted by Crippen LogP contribution is 2.31. The lowest BCUT2D eigenvalue weighted by molar-refractivity contribution is -0.0452. The molecule has 2 aliphatic heterocycles. The van der Waals surface area contributed by atoms with Crippen molar-refractivity contribution in [2.75, 3.05) is 20.2 Å². The van der Waals surface area contributed by atoms with Gasteiger partial charge in [-0.05, 0) is 58.9 Å². The van der Waals surface area contributed by atoms with Crippen LogP contribution in [0.3, 0.4) is 0 Å². The van der Waals surface area contributed by atoms with Crippen LogP contribution in [-0.2, 0) is 4.74 Å². The highest BCUT2D eigenvalue weighted by atomic mass is 16.5. The third kappa shape index (κ3) is 3.67. The number of ether oxygens (including phenoxy) is 1. The molecule has 0 aromatic carbocycles. The Morgan fingerprint density at radius 3 is 2.94 bits per heavy atom. The number of likely N-dealkylation sites (tertiary alicyclic amines) is 1. The summed E-state index contributed by atoms with van der Waals surface area (Å²) in [6.45, 7) is 4.18. The summed E-state index contributed by atoms with van der Waals surface area (Å²) in [6, 6.07) is 0.511. The van der Waals surface area contributed by atoms with Crippen molar-refractivity contribution >= 4 is 0 Å². The van der Waals surface area contributed by atoms with Crippen molar-refractivity contribution in [3.8, 4) is 0 Å². The fourth-order valence-corrected chi connectivity index (χ4v) is 3.17. The van der Waals surface area contributed by atoms with Gasteiger partial charge in [0.25, 0.3) is 0 Å². The summed E-state index contributed by atoms with van der Waals surface area (Å²) < 4.78 is 5.62. The molecule has 0 spiro atoms. The molecule has 3 atom stereocenters. The Hall–Kier alpha value is -0.120. The molecule has 2 fully saturated rings. The van der Waals surface area contributed by atoms with Crippen LogP contribution in [0.2, 0.25) is 0 Å². The summed E-state index contributed by atoms with van der Waals surface area (Å²) in [7, 11) is 2.15. The molecule has 3 nitrogen and oxygen atoms in total. The number of aliphatic hydroxyl groups is 1. The van der Waals surface area contributed by atoms with Crippen LogP contribution in [0.1, 0.15) is 51.9 Å². The number of hydrogen-bond donors (Lipinski definition) is 1. The Kier molecular flexibility index (Phi) is 4.45. The first kappa shape index (κ1) is 13.3. The predicted octanol–water partition coefficient (Wildman–Crippen LogP) is 2.18. The zero-order chi connectivity index (χ0) is 12.3. The minimum absolute atomic E-state index is 0.412. The number of hydrogen-bond acceptors (Lipinski definition) is 3. The molecule has 2 aliphatic rings. The van der Waals surface area contributed by atoms with Crippen LogP contribution in [0.4, 0.5) is 0 Å². The lowest BCUT2D eigenvalue weighted by atomic mass is 9.83. The number of piperidine rings is 1. The molecule has 1 N–H and O–H groups in total. The van der Waals surface area contributed by atoms with Crippen LogP contribution in [0, 0.1) is 0 Å². The Morgan fingerprint density at radius 1 is 1.47 bits per heavy atom. The zero-order valence-electron chi connectivity index (χ0n) is 11.3. The molecular formula is C14H27NO2. The van der Waals surface area contributed by atoms with Crippen molar-refractivity contribution < 1.29 is 9.84 Å². The first-order valence-electron chi connectivity index (χ1n) is 7.13. The van der Waals surface area contributed by atoms with E-state index in [4.69, 9.17) is 4.74 Å². The van der Waals surface area contributed by atoms with Gasteiger partial charge in [-0.15, -0.1) is 0 Å². The predicted molar refractivity (Wildman–Crippen MR) is 69.1 cm³/mol. The van der Waals surface area contributed by atoms with Crippen molar-refractivity contribution in [1.82, 2.24) is 4.90 Å². The normalized spacial score (nSPS) is 39.7. The van der Waals surface area contributed by atoms with Crippen LogP contribution < -0.4 is 0 Å². The Morgan fingerprint density at radius 2 is 2.29 bits per heavy atom. The van der Waals surface area contributed by atoms with Crippen molar-refractivity contribution in [1.29, 1.82) is 0 Å². The van der Waals surface area contributed by atoms with E-state index in [0.717, 1.165) is 45.3 Å². The van der Waals surface area contributed by atoms with Gasteiger partial charge in [0.05, 0.1) is 11.7 Å². The highest BCUT2D eigenvalue weighted by Gasteiger charge is 2.34. The molecule has 0 aliphatic carbocycles. The van der Waals surface area contributed by atoms with Crippen molar-refractivity contribution in [2.24, 2.45) is 0 Å². The quantitative estimate of drug-likeness (QED) is 0.819. The van der Waals surface area contributed by atoms with E-state index in [-0.39, 0.29) is 0 Å². The van der Waals surface area contributed by atoms with E-state index in [1.54, 1.807) is 0 Å². The smallest absolute Gasteiger partial charge is 0.0674 e. The molecule has 2 rings (SSSR count). The summed E-state index contributed by atoms with van der Waals surface area (Å²) in [5.41, 5.74) is -0.412. The van der Waals surface area contributed by atoms with Gasteiger partial charge in [0.15, 0.2) is 0 Å². The lowest BCUT2D eigenvalue weighted by Gasteiger charge is -2.41. The SMILES string of the molecule is CC1CC(O)(CCCC2CCCO2)CCN1C. The van der Waals surface area contributed by atoms with Crippen molar-refractivity contribution in [3.05, 3.63) is 0 Å². The van der Waals surface area contributed by atoms with Crippen LogP contribution in [0.15, 0.2) is 0 Å². The third-order valence-electron chi connectivity index (χ3n) is 4.55. The van der Waals surface area contributed by atoms with Gasteiger partial charge in [0, 0.05) is 19.2 Å². The molecule has 100 valence electrons. The molecule has 2 saturated heterocycles. The molecule has 0 saturated carbocycles. The van der Waals surface area contributed by atoms with Crippen molar-refractivity contribution in [2.45, 2.75) is 69.6 Å². The van der Waals surface area contributed by atoms with Gasteiger partial charge in [0.2, 0.25) is 0 Å². The van der Waals surface area contributed by atoms with Gasteiger partial charge < -0.3 is 14.7 Å². The summed E-state index contributed by atoms with van der Waals surface area (Å²) in [4.78, 5) is 2.34. The molecular weight excluding hydrogens is 214 g/mol. The first-order chi connectivity index (χ1) is 8.09. The van der Waals surface area contributed by atoms with E-state index >= 15 is 0 Å². The molecule has 17 heavy (non-hydrogen) atoms. The van der Waals surface area contributed by atoms with Gasteiger partial charge >= 0.3 is 0 Å². The summed E-state index contributed by atoms with van der Waals surface area (Å²) in [6.07, 6.45) is 7.96. The molecule has 2 heterocycles. The van der Waals surface area contributed by atoms with Gasteiger partial charge in [-0.25, -0.2) is 0 Å². The Bertz CT molecular complexity index is 240. The fraction of sp³-hybridized carbons (Fsp3) is 1.00. The Labute approximate surface area is 105 Å². The molecule has 0 radical (unpaired) electrons. The fourth-order valence-electron chi connectivity index (χ4n) is 3.17. The lowest BCUT2D eigenvalue weighted by Crippen LogP contribution is -2.47. The molecule has 3 unspecified atom stereocenters. The molecule has 3 heteroatoms. The van der Waals surface area contributed by atoms with E-state index in [9.17, 15) is 5.11 Å².